The summed E-state index contributed by atoms with van der Waals surface area (Å²) in [6.45, 7) is 9.71. The molecule has 0 aromatic rings. The SMILES string of the molecule is CCNC(=NCC1CCCN1CCOC)N(C)CC1CCOC1.I. The molecule has 0 bridgehead atoms. The molecule has 0 aromatic carbocycles. The van der Waals surface area contributed by atoms with Crippen LogP contribution >= 0.6 is 24.0 Å². The maximum Gasteiger partial charge on any atom is 0.193 e. The fourth-order valence-electron chi connectivity index (χ4n) is 3.47. The van der Waals surface area contributed by atoms with E-state index in [0.29, 0.717) is 12.0 Å². The standard InChI is InChI=1S/C17H34N4O2.HI/c1-4-18-17(20(2)13-15-7-10-23-14-15)19-12-16-6-5-8-21(16)9-11-22-3;/h15-16H,4-14H2,1-3H3,(H,18,19);1H. The summed E-state index contributed by atoms with van der Waals surface area (Å²) < 4.78 is 10.7. The molecule has 2 aliphatic heterocycles. The van der Waals surface area contributed by atoms with Crippen LogP contribution in [0.15, 0.2) is 4.99 Å². The first-order valence-electron chi connectivity index (χ1n) is 9.04. The summed E-state index contributed by atoms with van der Waals surface area (Å²) >= 11 is 0. The molecule has 2 atom stereocenters. The molecule has 2 unspecified atom stereocenters. The second kappa shape index (κ2) is 12.3. The maximum absolute atomic E-state index is 5.49. The first-order chi connectivity index (χ1) is 11.2. The molecular formula is C17H35IN4O2. The zero-order chi connectivity index (χ0) is 16.5. The topological polar surface area (TPSA) is 49.3 Å². The van der Waals surface area contributed by atoms with Crippen molar-refractivity contribution in [2.45, 2.75) is 32.2 Å². The van der Waals surface area contributed by atoms with Crippen LogP contribution in [-0.4, -0.2) is 88.5 Å². The number of aliphatic imine (C=N–C) groups is 1. The quantitative estimate of drug-likeness (QED) is 0.344. The van der Waals surface area contributed by atoms with Gasteiger partial charge in [0, 0.05) is 52.4 Å². The Morgan fingerprint density at radius 2 is 2.25 bits per heavy atom. The van der Waals surface area contributed by atoms with E-state index in [-0.39, 0.29) is 24.0 Å². The number of rotatable bonds is 8. The maximum atomic E-state index is 5.49. The van der Waals surface area contributed by atoms with Gasteiger partial charge in [0.1, 0.15) is 0 Å². The van der Waals surface area contributed by atoms with Gasteiger partial charge in [0.25, 0.3) is 0 Å². The van der Waals surface area contributed by atoms with Crippen LogP contribution in [0.1, 0.15) is 26.2 Å². The van der Waals surface area contributed by atoms with E-state index in [1.807, 2.05) is 0 Å². The molecule has 0 saturated carbocycles. The fraction of sp³-hybridized carbons (Fsp3) is 0.941. The molecule has 1 N–H and O–H groups in total. The summed E-state index contributed by atoms with van der Waals surface area (Å²) in [5.74, 6) is 1.66. The Kier molecular flexibility index (Phi) is 11.2. The fourth-order valence-corrected chi connectivity index (χ4v) is 3.47. The second-order valence-electron chi connectivity index (χ2n) is 6.63. The Balaban J connectivity index is 0.00000288. The van der Waals surface area contributed by atoms with E-state index >= 15 is 0 Å². The number of halogens is 1. The minimum atomic E-state index is 0. The summed E-state index contributed by atoms with van der Waals surface area (Å²) in [6.07, 6.45) is 3.68. The van der Waals surface area contributed by atoms with Gasteiger partial charge < -0.3 is 19.7 Å². The minimum absolute atomic E-state index is 0. The number of guanidine groups is 1. The zero-order valence-electron chi connectivity index (χ0n) is 15.5. The van der Waals surface area contributed by atoms with Gasteiger partial charge in [0.2, 0.25) is 0 Å². The van der Waals surface area contributed by atoms with Crippen molar-refractivity contribution in [2.24, 2.45) is 10.9 Å². The van der Waals surface area contributed by atoms with Gasteiger partial charge >= 0.3 is 0 Å². The monoisotopic (exact) mass is 454 g/mol. The van der Waals surface area contributed by atoms with Gasteiger partial charge in [-0.05, 0) is 32.7 Å². The van der Waals surface area contributed by atoms with Crippen LogP contribution in [0.3, 0.4) is 0 Å². The highest BCUT2D eigenvalue weighted by molar-refractivity contribution is 14.0. The average Bonchev–Trinajstić information content (AvgIpc) is 3.20. The number of hydrogen-bond acceptors (Lipinski definition) is 4. The van der Waals surface area contributed by atoms with Gasteiger partial charge in [-0.15, -0.1) is 24.0 Å². The molecule has 2 fully saturated rings. The van der Waals surface area contributed by atoms with E-state index < -0.39 is 0 Å². The predicted octanol–water partition coefficient (Wildman–Crippen LogP) is 1.65. The van der Waals surface area contributed by atoms with Gasteiger partial charge in [0.15, 0.2) is 5.96 Å². The third-order valence-corrected chi connectivity index (χ3v) is 4.79. The van der Waals surface area contributed by atoms with Crippen molar-refractivity contribution in [3.63, 3.8) is 0 Å². The van der Waals surface area contributed by atoms with E-state index in [1.165, 1.54) is 19.4 Å². The second-order valence-corrected chi connectivity index (χ2v) is 6.63. The lowest BCUT2D eigenvalue weighted by atomic mass is 10.1. The van der Waals surface area contributed by atoms with E-state index in [4.69, 9.17) is 14.5 Å². The van der Waals surface area contributed by atoms with E-state index in [1.54, 1.807) is 7.11 Å². The molecule has 0 aliphatic carbocycles. The highest BCUT2D eigenvalue weighted by Gasteiger charge is 2.24. The summed E-state index contributed by atoms with van der Waals surface area (Å²) in [7, 11) is 3.91. The summed E-state index contributed by atoms with van der Waals surface area (Å²) in [5, 5.41) is 3.43. The van der Waals surface area contributed by atoms with Crippen LogP contribution in [0, 0.1) is 5.92 Å². The minimum Gasteiger partial charge on any atom is -0.383 e. The van der Waals surface area contributed by atoms with Gasteiger partial charge in [-0.1, -0.05) is 0 Å². The molecule has 0 amide bonds. The highest BCUT2D eigenvalue weighted by atomic mass is 127. The highest BCUT2D eigenvalue weighted by Crippen LogP contribution is 2.17. The third kappa shape index (κ3) is 7.01. The van der Waals surface area contributed by atoms with Crippen molar-refractivity contribution >= 4 is 29.9 Å². The number of ether oxygens (including phenoxy) is 2. The van der Waals surface area contributed by atoms with Crippen LogP contribution in [0.2, 0.25) is 0 Å². The van der Waals surface area contributed by atoms with Crippen LogP contribution in [0.25, 0.3) is 0 Å². The van der Waals surface area contributed by atoms with E-state index in [2.05, 4.69) is 29.1 Å². The lowest BCUT2D eigenvalue weighted by Gasteiger charge is -2.26. The van der Waals surface area contributed by atoms with Crippen molar-refractivity contribution in [1.82, 2.24) is 15.1 Å². The molecule has 2 rings (SSSR count). The van der Waals surface area contributed by atoms with Gasteiger partial charge in [0.05, 0.1) is 19.8 Å². The van der Waals surface area contributed by atoms with Crippen molar-refractivity contribution in [3.8, 4) is 0 Å². The number of hydrogen-bond donors (Lipinski definition) is 1. The summed E-state index contributed by atoms with van der Waals surface area (Å²) in [5.41, 5.74) is 0. The summed E-state index contributed by atoms with van der Waals surface area (Å²) in [4.78, 5) is 9.68. The molecule has 0 radical (unpaired) electrons. The van der Waals surface area contributed by atoms with Crippen LogP contribution in [0.5, 0.6) is 0 Å². The number of likely N-dealkylation sites (tertiary alicyclic amines) is 1. The number of methoxy groups -OCH3 is 1. The normalized spacial score (nSPS) is 24.9. The van der Waals surface area contributed by atoms with Crippen molar-refractivity contribution < 1.29 is 9.47 Å². The molecule has 0 spiro atoms. The largest absolute Gasteiger partial charge is 0.383 e. The molecule has 2 heterocycles. The first kappa shape index (κ1) is 21.9. The third-order valence-electron chi connectivity index (χ3n) is 4.79. The smallest absolute Gasteiger partial charge is 0.193 e. The zero-order valence-corrected chi connectivity index (χ0v) is 17.8. The molecule has 7 heteroatoms. The Labute approximate surface area is 164 Å². The molecule has 0 aromatic heterocycles. The first-order valence-corrected chi connectivity index (χ1v) is 9.04. The Morgan fingerprint density at radius 1 is 1.42 bits per heavy atom. The molecular weight excluding hydrogens is 419 g/mol. The van der Waals surface area contributed by atoms with Crippen LogP contribution in [-0.2, 0) is 9.47 Å². The predicted molar refractivity (Wildman–Crippen MR) is 109 cm³/mol. The lowest BCUT2D eigenvalue weighted by molar-refractivity contribution is 0.142. The van der Waals surface area contributed by atoms with E-state index in [9.17, 15) is 0 Å². The average molecular weight is 454 g/mol. The Bertz CT molecular complexity index is 364. The van der Waals surface area contributed by atoms with Crippen molar-refractivity contribution in [1.29, 1.82) is 0 Å². The molecule has 6 nitrogen and oxygen atoms in total. The van der Waals surface area contributed by atoms with Crippen LogP contribution in [0.4, 0.5) is 0 Å². The van der Waals surface area contributed by atoms with Gasteiger partial charge in [-0.3, -0.25) is 9.89 Å². The number of nitrogens with one attached hydrogen (secondary N) is 1. The van der Waals surface area contributed by atoms with Crippen LogP contribution < -0.4 is 5.32 Å². The molecule has 142 valence electrons. The molecule has 2 aliphatic rings. The van der Waals surface area contributed by atoms with Crippen molar-refractivity contribution in [2.75, 3.05) is 66.7 Å². The molecule has 2 saturated heterocycles. The summed E-state index contributed by atoms with van der Waals surface area (Å²) in [6, 6.07) is 0.557. The molecule has 24 heavy (non-hydrogen) atoms. The van der Waals surface area contributed by atoms with E-state index in [0.717, 1.165) is 58.4 Å². The number of nitrogens with zero attached hydrogens (tertiary/aromatic N) is 3. The Hall–Kier alpha value is -0.120. The van der Waals surface area contributed by atoms with Gasteiger partial charge in [-0.25, -0.2) is 0 Å². The van der Waals surface area contributed by atoms with Gasteiger partial charge in [-0.2, -0.15) is 0 Å². The Morgan fingerprint density at radius 3 is 2.92 bits per heavy atom. The van der Waals surface area contributed by atoms with Crippen molar-refractivity contribution in [3.05, 3.63) is 0 Å². The lowest BCUT2D eigenvalue weighted by Crippen LogP contribution is -2.42.